The van der Waals surface area contributed by atoms with Gasteiger partial charge >= 0.3 is 11.9 Å². The van der Waals surface area contributed by atoms with Crippen LogP contribution in [0, 0.1) is 0 Å². The highest BCUT2D eigenvalue weighted by Gasteiger charge is 2.26. The monoisotopic (exact) mass is 566 g/mol. The molecule has 0 radical (unpaired) electrons. The number of esters is 2. The van der Waals surface area contributed by atoms with E-state index in [1.165, 1.54) is 32.4 Å². The zero-order chi connectivity index (χ0) is 29.6. The van der Waals surface area contributed by atoms with Gasteiger partial charge in [-0.15, -0.1) is 0 Å². The zero-order valence-corrected chi connectivity index (χ0v) is 23.1. The molecule has 0 saturated heterocycles. The molecule has 2 unspecified atom stereocenters. The number of fused-ring (bicyclic) bond motifs is 2. The number of hydrogen-bond acceptors (Lipinski definition) is 6. The molecule has 10 heteroatoms. The molecule has 214 valence electrons. The lowest BCUT2D eigenvalue weighted by atomic mass is 10.0. The van der Waals surface area contributed by atoms with Crippen molar-refractivity contribution in [3.63, 3.8) is 0 Å². The van der Waals surface area contributed by atoms with Crippen LogP contribution in [0.15, 0.2) is 85.2 Å². The third kappa shape index (κ3) is 6.02. The molecule has 10 nitrogen and oxygen atoms in total. The first-order valence-corrected chi connectivity index (χ1v) is 13.4. The van der Waals surface area contributed by atoms with Crippen molar-refractivity contribution in [2.75, 3.05) is 14.2 Å². The van der Waals surface area contributed by atoms with Gasteiger partial charge in [0.2, 0.25) is 0 Å². The van der Waals surface area contributed by atoms with Crippen molar-refractivity contribution in [2.45, 2.75) is 24.9 Å². The number of carbonyl (C=O) groups excluding carboxylic acids is 4. The summed E-state index contributed by atoms with van der Waals surface area (Å²) in [4.78, 5) is 57.9. The van der Waals surface area contributed by atoms with Crippen LogP contribution in [-0.2, 0) is 31.9 Å². The van der Waals surface area contributed by atoms with Crippen molar-refractivity contribution in [1.29, 1.82) is 0 Å². The van der Waals surface area contributed by atoms with Crippen molar-refractivity contribution in [3.8, 4) is 0 Å². The molecule has 0 aliphatic rings. The summed E-state index contributed by atoms with van der Waals surface area (Å²) in [6, 6.07) is 19.4. The fourth-order valence-electron chi connectivity index (χ4n) is 5.00. The Morgan fingerprint density at radius 3 is 1.50 bits per heavy atom. The maximum atomic E-state index is 13.2. The second kappa shape index (κ2) is 12.4. The van der Waals surface area contributed by atoms with Gasteiger partial charge in [0.1, 0.15) is 12.1 Å². The lowest BCUT2D eigenvalue weighted by Gasteiger charge is -2.18. The summed E-state index contributed by atoms with van der Waals surface area (Å²) in [6.45, 7) is 0. The predicted molar refractivity (Wildman–Crippen MR) is 157 cm³/mol. The fourth-order valence-corrected chi connectivity index (χ4v) is 5.00. The number of ether oxygens (including phenoxy) is 2. The van der Waals surface area contributed by atoms with Crippen molar-refractivity contribution in [1.82, 2.24) is 20.6 Å². The van der Waals surface area contributed by atoms with Crippen LogP contribution in [0.4, 0.5) is 0 Å². The summed E-state index contributed by atoms with van der Waals surface area (Å²) < 4.78 is 9.89. The molecule has 0 spiro atoms. The molecule has 0 bridgehead atoms. The Morgan fingerprint density at radius 2 is 1.07 bits per heavy atom. The predicted octanol–water partition coefficient (Wildman–Crippen LogP) is 3.68. The minimum atomic E-state index is -0.959. The second-order valence-electron chi connectivity index (χ2n) is 9.81. The molecule has 5 rings (SSSR count). The van der Waals surface area contributed by atoms with Crippen LogP contribution in [0.25, 0.3) is 21.8 Å². The van der Waals surface area contributed by atoms with Crippen LogP contribution in [0.2, 0.25) is 0 Å². The molecular weight excluding hydrogens is 536 g/mol. The normalized spacial score (nSPS) is 12.4. The van der Waals surface area contributed by atoms with E-state index in [0.29, 0.717) is 0 Å². The van der Waals surface area contributed by atoms with E-state index in [0.717, 1.165) is 32.9 Å². The van der Waals surface area contributed by atoms with Crippen LogP contribution in [0.5, 0.6) is 0 Å². The van der Waals surface area contributed by atoms with Gasteiger partial charge in [-0.1, -0.05) is 42.5 Å². The van der Waals surface area contributed by atoms with Gasteiger partial charge in [0, 0.05) is 58.2 Å². The molecule has 5 aromatic rings. The van der Waals surface area contributed by atoms with Crippen LogP contribution in [-0.4, -0.2) is 60.0 Å². The maximum Gasteiger partial charge on any atom is 0.328 e. The highest BCUT2D eigenvalue weighted by molar-refractivity contribution is 6.02. The first-order valence-electron chi connectivity index (χ1n) is 13.4. The number of H-pyrrole nitrogens is 2. The van der Waals surface area contributed by atoms with Gasteiger partial charge < -0.3 is 30.1 Å². The van der Waals surface area contributed by atoms with Crippen LogP contribution >= 0.6 is 0 Å². The van der Waals surface area contributed by atoms with Crippen LogP contribution < -0.4 is 10.6 Å². The van der Waals surface area contributed by atoms with E-state index in [9.17, 15) is 19.2 Å². The molecule has 2 amide bonds. The largest absolute Gasteiger partial charge is 0.467 e. The number of nitrogens with one attached hydrogen (secondary N) is 4. The number of amides is 2. The standard InChI is InChI=1S/C32H30N4O6/c1-41-31(39)27(15-21-17-33-25-12-5-3-10-23(21)25)35-29(37)19-8-7-9-20(14-19)30(38)36-28(32(40)42-2)16-22-18-34-26-13-6-4-11-24(22)26/h3-14,17-18,27-28,33-34H,15-16H2,1-2H3,(H,35,37)(H,36,38). The van der Waals surface area contributed by atoms with Gasteiger partial charge in [-0.05, 0) is 41.5 Å². The number of aromatic amines is 2. The van der Waals surface area contributed by atoms with E-state index in [1.54, 1.807) is 18.5 Å². The number of benzene rings is 3. The van der Waals surface area contributed by atoms with Gasteiger partial charge in [0.25, 0.3) is 11.8 Å². The molecule has 2 heterocycles. The third-order valence-corrected chi connectivity index (χ3v) is 7.17. The summed E-state index contributed by atoms with van der Waals surface area (Å²) >= 11 is 0. The maximum absolute atomic E-state index is 13.2. The molecule has 2 atom stereocenters. The summed E-state index contributed by atoms with van der Waals surface area (Å²) in [7, 11) is 2.52. The number of hydrogen-bond donors (Lipinski definition) is 4. The molecule has 0 saturated carbocycles. The van der Waals surface area contributed by atoms with Gasteiger partial charge in [-0.2, -0.15) is 0 Å². The summed E-state index contributed by atoms with van der Waals surface area (Å²) in [5.74, 6) is -2.30. The molecule has 2 aromatic heterocycles. The summed E-state index contributed by atoms with van der Waals surface area (Å²) in [5, 5.41) is 7.34. The minimum Gasteiger partial charge on any atom is -0.467 e. The Kier molecular flexibility index (Phi) is 8.33. The second-order valence-corrected chi connectivity index (χ2v) is 9.81. The van der Waals surface area contributed by atoms with E-state index in [-0.39, 0.29) is 24.0 Å². The van der Waals surface area contributed by atoms with E-state index < -0.39 is 35.8 Å². The highest BCUT2D eigenvalue weighted by atomic mass is 16.5. The zero-order valence-electron chi connectivity index (χ0n) is 23.1. The summed E-state index contributed by atoms with van der Waals surface area (Å²) in [5.41, 5.74) is 3.85. The molecule has 0 aliphatic carbocycles. The molecule has 0 fully saturated rings. The number of para-hydroxylation sites is 2. The SMILES string of the molecule is COC(=O)C(Cc1c[nH]c2ccccc12)NC(=O)c1cccc(C(=O)NC(Cc2c[nH]c3ccccc23)C(=O)OC)c1. The van der Waals surface area contributed by atoms with Crippen molar-refractivity contribution in [3.05, 3.63) is 107 Å². The smallest absolute Gasteiger partial charge is 0.328 e. The number of carbonyl (C=O) groups is 4. The van der Waals surface area contributed by atoms with E-state index in [2.05, 4.69) is 20.6 Å². The Morgan fingerprint density at radius 1 is 0.643 bits per heavy atom. The van der Waals surface area contributed by atoms with Gasteiger partial charge in [-0.3, -0.25) is 9.59 Å². The lowest BCUT2D eigenvalue weighted by Crippen LogP contribution is -2.43. The third-order valence-electron chi connectivity index (χ3n) is 7.17. The lowest BCUT2D eigenvalue weighted by molar-refractivity contribution is -0.143. The highest BCUT2D eigenvalue weighted by Crippen LogP contribution is 2.21. The average molecular weight is 567 g/mol. The van der Waals surface area contributed by atoms with Gasteiger partial charge in [0.15, 0.2) is 0 Å². The van der Waals surface area contributed by atoms with E-state index >= 15 is 0 Å². The molecule has 0 aliphatic heterocycles. The first-order chi connectivity index (χ1) is 20.4. The molecule has 4 N–H and O–H groups in total. The van der Waals surface area contributed by atoms with Gasteiger partial charge in [0.05, 0.1) is 14.2 Å². The van der Waals surface area contributed by atoms with E-state index in [1.807, 2.05) is 48.5 Å². The summed E-state index contributed by atoms with van der Waals surface area (Å²) in [6.07, 6.45) is 4.01. The van der Waals surface area contributed by atoms with Crippen molar-refractivity contribution in [2.24, 2.45) is 0 Å². The van der Waals surface area contributed by atoms with Crippen LogP contribution in [0.3, 0.4) is 0 Å². The molecule has 3 aromatic carbocycles. The average Bonchev–Trinajstić information content (AvgIpc) is 3.63. The Labute approximate surface area is 241 Å². The van der Waals surface area contributed by atoms with Crippen molar-refractivity contribution >= 4 is 45.6 Å². The number of methoxy groups -OCH3 is 2. The van der Waals surface area contributed by atoms with Crippen molar-refractivity contribution < 1.29 is 28.7 Å². The minimum absolute atomic E-state index is 0.168. The topological polar surface area (TPSA) is 142 Å². The van der Waals surface area contributed by atoms with E-state index in [4.69, 9.17) is 9.47 Å². The Hall–Kier alpha value is -5.38. The van der Waals surface area contributed by atoms with Crippen LogP contribution in [0.1, 0.15) is 31.8 Å². The number of aromatic nitrogens is 2. The fraction of sp³-hybridized carbons (Fsp3) is 0.188. The number of rotatable bonds is 10. The molecular formula is C32H30N4O6. The first kappa shape index (κ1) is 28.2. The quantitative estimate of drug-likeness (QED) is 0.190. The Bertz CT molecular complexity index is 1650. The van der Waals surface area contributed by atoms with Gasteiger partial charge in [-0.25, -0.2) is 9.59 Å². The Balaban J connectivity index is 1.31. The molecule has 42 heavy (non-hydrogen) atoms.